The second-order valence-corrected chi connectivity index (χ2v) is 6.63. The molecule has 2 aromatic rings. The van der Waals surface area contributed by atoms with Gasteiger partial charge in [0.15, 0.2) is 0 Å². The minimum atomic E-state index is -3.67. The second-order valence-electron chi connectivity index (χ2n) is 3.84. The van der Waals surface area contributed by atoms with Crippen LogP contribution in [0.25, 0.3) is 0 Å². The van der Waals surface area contributed by atoms with E-state index in [0.29, 0.717) is 15.8 Å². The number of pyridine rings is 1. The normalized spacial score (nSPS) is 11.3. The SMILES string of the molecule is CN(c1ccncc1N)S(=O)(=O)c1ccccc1Br. The molecule has 1 aromatic carbocycles. The highest BCUT2D eigenvalue weighted by Gasteiger charge is 2.24. The van der Waals surface area contributed by atoms with Gasteiger partial charge < -0.3 is 5.73 Å². The molecule has 19 heavy (non-hydrogen) atoms. The fourth-order valence-electron chi connectivity index (χ4n) is 1.62. The van der Waals surface area contributed by atoms with Crippen LogP contribution in [0.4, 0.5) is 11.4 Å². The Labute approximate surface area is 120 Å². The number of hydrogen-bond acceptors (Lipinski definition) is 4. The van der Waals surface area contributed by atoms with Gasteiger partial charge in [0.25, 0.3) is 10.0 Å². The van der Waals surface area contributed by atoms with E-state index in [1.54, 1.807) is 24.3 Å². The third kappa shape index (κ3) is 2.57. The summed E-state index contributed by atoms with van der Waals surface area (Å²) in [4.78, 5) is 4.03. The van der Waals surface area contributed by atoms with E-state index < -0.39 is 10.0 Å². The lowest BCUT2D eigenvalue weighted by molar-refractivity contribution is 0.594. The van der Waals surface area contributed by atoms with Gasteiger partial charge in [0, 0.05) is 17.7 Å². The average molecular weight is 342 g/mol. The van der Waals surface area contributed by atoms with Gasteiger partial charge in [-0.2, -0.15) is 0 Å². The summed E-state index contributed by atoms with van der Waals surface area (Å²) in [6, 6.07) is 8.19. The molecule has 0 aliphatic carbocycles. The highest BCUT2D eigenvalue weighted by molar-refractivity contribution is 9.10. The molecule has 7 heteroatoms. The quantitative estimate of drug-likeness (QED) is 0.928. The van der Waals surface area contributed by atoms with Crippen molar-refractivity contribution in [1.82, 2.24) is 4.98 Å². The van der Waals surface area contributed by atoms with Crippen LogP contribution < -0.4 is 10.0 Å². The zero-order chi connectivity index (χ0) is 14.0. The molecule has 5 nitrogen and oxygen atoms in total. The summed E-state index contributed by atoms with van der Waals surface area (Å²) in [7, 11) is -2.21. The van der Waals surface area contributed by atoms with Crippen LogP contribution in [0.5, 0.6) is 0 Å². The van der Waals surface area contributed by atoms with Gasteiger partial charge in [0.05, 0.1) is 17.6 Å². The van der Waals surface area contributed by atoms with E-state index in [4.69, 9.17) is 5.73 Å². The number of halogens is 1. The molecule has 2 N–H and O–H groups in total. The van der Waals surface area contributed by atoms with Crippen LogP contribution >= 0.6 is 15.9 Å². The van der Waals surface area contributed by atoms with Crippen LogP contribution in [-0.2, 0) is 10.0 Å². The Kier molecular flexibility index (Phi) is 3.77. The van der Waals surface area contributed by atoms with Crippen molar-refractivity contribution in [2.75, 3.05) is 17.1 Å². The molecule has 0 fully saturated rings. The molecule has 0 atom stereocenters. The number of rotatable bonds is 3. The first-order valence-corrected chi connectivity index (χ1v) is 7.61. The first kappa shape index (κ1) is 13.8. The maximum Gasteiger partial charge on any atom is 0.265 e. The molecular weight excluding hydrogens is 330 g/mol. The Bertz CT molecular complexity index is 704. The summed E-state index contributed by atoms with van der Waals surface area (Å²) in [6.45, 7) is 0. The number of nitrogen functional groups attached to an aromatic ring is 1. The predicted molar refractivity (Wildman–Crippen MR) is 78.4 cm³/mol. The van der Waals surface area contributed by atoms with E-state index in [2.05, 4.69) is 20.9 Å². The van der Waals surface area contributed by atoms with Crippen molar-refractivity contribution >= 4 is 37.3 Å². The van der Waals surface area contributed by atoms with Crippen LogP contribution in [0, 0.1) is 0 Å². The third-order valence-electron chi connectivity index (χ3n) is 2.64. The zero-order valence-electron chi connectivity index (χ0n) is 10.1. The Morgan fingerprint density at radius 3 is 2.58 bits per heavy atom. The van der Waals surface area contributed by atoms with Gasteiger partial charge in [-0.3, -0.25) is 9.29 Å². The van der Waals surface area contributed by atoms with Crippen molar-refractivity contribution in [3.8, 4) is 0 Å². The van der Waals surface area contributed by atoms with Crippen molar-refractivity contribution in [1.29, 1.82) is 0 Å². The number of aromatic nitrogens is 1. The lowest BCUT2D eigenvalue weighted by Crippen LogP contribution is -2.27. The predicted octanol–water partition coefficient (Wildman–Crippen LogP) is 2.25. The van der Waals surface area contributed by atoms with Crippen LogP contribution in [0.1, 0.15) is 0 Å². The van der Waals surface area contributed by atoms with Crippen LogP contribution in [0.3, 0.4) is 0 Å². The highest BCUT2D eigenvalue weighted by atomic mass is 79.9. The Hall–Kier alpha value is -1.60. The zero-order valence-corrected chi connectivity index (χ0v) is 12.5. The van der Waals surface area contributed by atoms with Crippen molar-refractivity contribution in [3.05, 3.63) is 47.2 Å². The van der Waals surface area contributed by atoms with Crippen molar-refractivity contribution < 1.29 is 8.42 Å². The standard InChI is InChI=1S/C12H12BrN3O2S/c1-16(11-6-7-15-8-10(11)14)19(17,18)12-5-3-2-4-9(12)13/h2-8H,14H2,1H3. The smallest absolute Gasteiger partial charge is 0.265 e. The molecule has 1 aromatic heterocycles. The van der Waals surface area contributed by atoms with Crippen LogP contribution in [-0.4, -0.2) is 20.4 Å². The van der Waals surface area contributed by atoms with E-state index >= 15 is 0 Å². The van der Waals surface area contributed by atoms with E-state index in [1.807, 2.05) is 0 Å². The Morgan fingerprint density at radius 1 is 1.26 bits per heavy atom. The first-order valence-electron chi connectivity index (χ1n) is 5.37. The third-order valence-corrected chi connectivity index (χ3v) is 5.43. The number of hydrogen-bond donors (Lipinski definition) is 1. The van der Waals surface area contributed by atoms with Gasteiger partial charge in [-0.25, -0.2) is 8.42 Å². The van der Waals surface area contributed by atoms with Crippen LogP contribution in [0.2, 0.25) is 0 Å². The molecule has 2 rings (SSSR count). The number of nitrogens with two attached hydrogens (primary N) is 1. The molecule has 1 heterocycles. The summed E-state index contributed by atoms with van der Waals surface area (Å²) in [5.41, 5.74) is 6.45. The minimum absolute atomic E-state index is 0.189. The largest absolute Gasteiger partial charge is 0.396 e. The number of anilines is 2. The molecule has 0 bridgehead atoms. The molecule has 0 saturated carbocycles. The molecule has 0 aliphatic heterocycles. The number of nitrogens with zero attached hydrogens (tertiary/aromatic N) is 2. The number of sulfonamides is 1. The molecule has 0 spiro atoms. The summed E-state index contributed by atoms with van der Waals surface area (Å²) >= 11 is 3.24. The summed E-state index contributed by atoms with van der Waals surface area (Å²) in [5, 5.41) is 0. The lowest BCUT2D eigenvalue weighted by atomic mass is 10.3. The molecular formula is C12H12BrN3O2S. The van der Waals surface area contributed by atoms with Crippen molar-refractivity contribution in [2.45, 2.75) is 4.90 Å². The monoisotopic (exact) mass is 341 g/mol. The second kappa shape index (κ2) is 5.18. The van der Waals surface area contributed by atoms with Gasteiger partial charge in [0.2, 0.25) is 0 Å². The van der Waals surface area contributed by atoms with Gasteiger partial charge in [-0.15, -0.1) is 0 Å². The highest BCUT2D eigenvalue weighted by Crippen LogP contribution is 2.29. The lowest BCUT2D eigenvalue weighted by Gasteiger charge is -2.21. The fraction of sp³-hybridized carbons (Fsp3) is 0.0833. The van der Waals surface area contributed by atoms with Gasteiger partial charge in [-0.1, -0.05) is 12.1 Å². The molecule has 100 valence electrons. The van der Waals surface area contributed by atoms with Crippen molar-refractivity contribution in [2.24, 2.45) is 0 Å². The summed E-state index contributed by atoms with van der Waals surface area (Å²) < 4.78 is 26.7. The molecule has 0 saturated heterocycles. The Morgan fingerprint density at radius 2 is 1.95 bits per heavy atom. The van der Waals surface area contributed by atoms with Crippen molar-refractivity contribution in [3.63, 3.8) is 0 Å². The number of benzene rings is 1. The average Bonchev–Trinajstić information content (AvgIpc) is 2.39. The molecule has 0 radical (unpaired) electrons. The van der Waals surface area contributed by atoms with Gasteiger partial charge >= 0.3 is 0 Å². The first-order chi connectivity index (χ1) is 8.94. The fourth-order valence-corrected chi connectivity index (χ4v) is 3.80. The maximum atomic E-state index is 12.5. The molecule has 0 unspecified atom stereocenters. The van der Waals surface area contributed by atoms with E-state index in [1.165, 1.54) is 25.5 Å². The van der Waals surface area contributed by atoms with E-state index in [0.717, 1.165) is 4.31 Å². The Balaban J connectivity index is 2.52. The minimum Gasteiger partial charge on any atom is -0.396 e. The molecule has 0 amide bonds. The van der Waals surface area contributed by atoms with Crippen LogP contribution in [0.15, 0.2) is 52.1 Å². The van der Waals surface area contributed by atoms with Gasteiger partial charge in [-0.05, 0) is 34.1 Å². The van der Waals surface area contributed by atoms with Gasteiger partial charge in [0.1, 0.15) is 4.90 Å². The maximum absolute atomic E-state index is 12.5. The van der Waals surface area contributed by atoms with E-state index in [9.17, 15) is 8.42 Å². The molecule has 0 aliphatic rings. The topological polar surface area (TPSA) is 76.3 Å². The summed E-state index contributed by atoms with van der Waals surface area (Å²) in [5.74, 6) is 0. The summed E-state index contributed by atoms with van der Waals surface area (Å²) in [6.07, 6.45) is 2.92. The van der Waals surface area contributed by atoms with E-state index in [-0.39, 0.29) is 4.90 Å².